The molecule has 0 heterocycles. The quantitative estimate of drug-likeness (QED) is 0.591. The molecule has 0 aliphatic rings. The number of carbonyl (C=O) groups is 1. The summed E-state index contributed by atoms with van der Waals surface area (Å²) in [5, 5.41) is 3.61. The molecule has 0 aromatic heterocycles. The average molecular weight is 302 g/mol. The molecule has 19 heavy (non-hydrogen) atoms. The molecule has 1 aromatic carbocycles. The van der Waals surface area contributed by atoms with Crippen molar-refractivity contribution in [1.29, 1.82) is 0 Å². The van der Waals surface area contributed by atoms with Gasteiger partial charge in [-0.05, 0) is 38.1 Å². The molecule has 0 fully saturated rings. The minimum absolute atomic E-state index is 0.0392. The second-order valence-electron chi connectivity index (χ2n) is 4.32. The Hall–Kier alpha value is -0.710. The van der Waals surface area contributed by atoms with E-state index in [-0.39, 0.29) is 12.0 Å². The van der Waals surface area contributed by atoms with Gasteiger partial charge in [-0.1, -0.05) is 11.6 Å². The molecule has 0 aliphatic carbocycles. The van der Waals surface area contributed by atoms with E-state index >= 15 is 0 Å². The molecule has 0 saturated heterocycles. The van der Waals surface area contributed by atoms with Crippen molar-refractivity contribution in [3.05, 3.63) is 29.3 Å². The summed E-state index contributed by atoms with van der Waals surface area (Å²) in [5.74, 6) is 0.885. The number of amides is 1. The Bertz CT molecular complexity index is 382. The van der Waals surface area contributed by atoms with Gasteiger partial charge in [0.15, 0.2) is 0 Å². The third kappa shape index (κ3) is 8.14. The van der Waals surface area contributed by atoms with E-state index in [1.54, 1.807) is 11.8 Å². The normalized spacial score (nSPS) is 10.7. The van der Waals surface area contributed by atoms with Gasteiger partial charge in [-0.25, -0.2) is 0 Å². The van der Waals surface area contributed by atoms with Crippen molar-refractivity contribution in [2.75, 3.05) is 18.9 Å². The van der Waals surface area contributed by atoms with Crippen LogP contribution in [0.5, 0.6) is 0 Å². The van der Waals surface area contributed by atoms with E-state index in [1.165, 1.54) is 0 Å². The lowest BCUT2D eigenvalue weighted by Gasteiger charge is -2.08. The van der Waals surface area contributed by atoms with Crippen LogP contribution in [0.3, 0.4) is 0 Å². The Kier molecular flexibility index (Phi) is 7.94. The first kappa shape index (κ1) is 16.3. The second-order valence-corrected chi connectivity index (χ2v) is 5.93. The van der Waals surface area contributed by atoms with Crippen LogP contribution in [0.2, 0.25) is 5.02 Å². The standard InChI is InChI=1S/C14H20ClNO2S/c1-11(2)18-9-7-14(17)16-8-10-19-13-5-3-12(15)4-6-13/h3-6,11H,7-10H2,1-2H3,(H,16,17). The van der Waals surface area contributed by atoms with Gasteiger partial charge in [-0.3, -0.25) is 4.79 Å². The van der Waals surface area contributed by atoms with E-state index in [0.717, 1.165) is 15.7 Å². The van der Waals surface area contributed by atoms with Crippen LogP contribution < -0.4 is 5.32 Å². The summed E-state index contributed by atoms with van der Waals surface area (Å²) in [6.45, 7) is 5.06. The van der Waals surface area contributed by atoms with Gasteiger partial charge >= 0.3 is 0 Å². The van der Waals surface area contributed by atoms with Gasteiger partial charge in [0.2, 0.25) is 5.91 Å². The number of hydrogen-bond donors (Lipinski definition) is 1. The van der Waals surface area contributed by atoms with Crippen molar-refractivity contribution in [2.45, 2.75) is 31.3 Å². The average Bonchev–Trinajstić information content (AvgIpc) is 2.36. The zero-order valence-corrected chi connectivity index (χ0v) is 12.9. The predicted octanol–water partition coefficient (Wildman–Crippen LogP) is 3.36. The van der Waals surface area contributed by atoms with Gasteiger partial charge in [-0.2, -0.15) is 0 Å². The van der Waals surface area contributed by atoms with E-state index < -0.39 is 0 Å². The van der Waals surface area contributed by atoms with E-state index in [2.05, 4.69) is 5.32 Å². The van der Waals surface area contributed by atoms with Crippen LogP contribution in [-0.4, -0.2) is 30.9 Å². The van der Waals surface area contributed by atoms with Crippen LogP contribution in [0.25, 0.3) is 0 Å². The smallest absolute Gasteiger partial charge is 0.222 e. The topological polar surface area (TPSA) is 38.3 Å². The molecular formula is C14H20ClNO2S. The fourth-order valence-electron chi connectivity index (χ4n) is 1.37. The highest BCUT2D eigenvalue weighted by Crippen LogP contribution is 2.19. The molecule has 5 heteroatoms. The summed E-state index contributed by atoms with van der Waals surface area (Å²) >= 11 is 7.50. The monoisotopic (exact) mass is 301 g/mol. The lowest BCUT2D eigenvalue weighted by molar-refractivity contribution is -0.122. The summed E-state index contributed by atoms with van der Waals surface area (Å²) in [6, 6.07) is 7.69. The van der Waals surface area contributed by atoms with Gasteiger partial charge in [0.25, 0.3) is 0 Å². The third-order valence-electron chi connectivity index (χ3n) is 2.29. The molecular weight excluding hydrogens is 282 g/mol. The van der Waals surface area contributed by atoms with Crippen LogP contribution >= 0.6 is 23.4 Å². The van der Waals surface area contributed by atoms with Crippen molar-refractivity contribution >= 4 is 29.3 Å². The van der Waals surface area contributed by atoms with E-state index in [0.29, 0.717) is 19.6 Å². The Morgan fingerprint density at radius 3 is 2.68 bits per heavy atom. The van der Waals surface area contributed by atoms with Crippen molar-refractivity contribution in [3.63, 3.8) is 0 Å². The SMILES string of the molecule is CC(C)OCCC(=O)NCCSc1ccc(Cl)cc1. The summed E-state index contributed by atoms with van der Waals surface area (Å²) < 4.78 is 5.32. The first-order valence-electron chi connectivity index (χ1n) is 6.34. The molecule has 0 spiro atoms. The van der Waals surface area contributed by atoms with Gasteiger partial charge in [-0.15, -0.1) is 11.8 Å². The summed E-state index contributed by atoms with van der Waals surface area (Å²) in [6.07, 6.45) is 0.595. The van der Waals surface area contributed by atoms with Crippen molar-refractivity contribution in [1.82, 2.24) is 5.32 Å². The third-order valence-corrected chi connectivity index (χ3v) is 3.55. The number of thioether (sulfide) groups is 1. The number of carbonyl (C=O) groups excluding carboxylic acids is 1. The maximum Gasteiger partial charge on any atom is 0.222 e. The van der Waals surface area contributed by atoms with Crippen LogP contribution in [0.15, 0.2) is 29.2 Å². The summed E-state index contributed by atoms with van der Waals surface area (Å²) in [5.41, 5.74) is 0. The van der Waals surface area contributed by atoms with Crippen LogP contribution in [0, 0.1) is 0 Å². The highest BCUT2D eigenvalue weighted by atomic mass is 35.5. The van der Waals surface area contributed by atoms with Crippen LogP contribution in [0.1, 0.15) is 20.3 Å². The first-order valence-corrected chi connectivity index (χ1v) is 7.71. The van der Waals surface area contributed by atoms with Crippen molar-refractivity contribution < 1.29 is 9.53 Å². The fourth-order valence-corrected chi connectivity index (χ4v) is 2.26. The zero-order valence-electron chi connectivity index (χ0n) is 11.3. The molecule has 1 amide bonds. The predicted molar refractivity (Wildman–Crippen MR) is 80.9 cm³/mol. The molecule has 0 unspecified atom stereocenters. The fraction of sp³-hybridized carbons (Fsp3) is 0.500. The molecule has 106 valence electrons. The van der Waals surface area contributed by atoms with Crippen molar-refractivity contribution in [2.24, 2.45) is 0 Å². The molecule has 1 rings (SSSR count). The van der Waals surface area contributed by atoms with Crippen LogP contribution in [0.4, 0.5) is 0 Å². The number of benzene rings is 1. The molecule has 0 atom stereocenters. The Balaban J connectivity index is 2.07. The molecule has 1 N–H and O–H groups in total. The summed E-state index contributed by atoms with van der Waals surface area (Å²) in [4.78, 5) is 12.6. The number of halogens is 1. The van der Waals surface area contributed by atoms with Gasteiger partial charge in [0.1, 0.15) is 0 Å². The van der Waals surface area contributed by atoms with Gasteiger partial charge < -0.3 is 10.1 Å². The van der Waals surface area contributed by atoms with Gasteiger partial charge in [0.05, 0.1) is 12.7 Å². The number of nitrogens with one attached hydrogen (secondary N) is 1. The maximum absolute atomic E-state index is 11.5. The van der Waals surface area contributed by atoms with E-state index in [4.69, 9.17) is 16.3 Å². The highest BCUT2D eigenvalue weighted by Gasteiger charge is 2.02. The molecule has 3 nitrogen and oxygen atoms in total. The Morgan fingerprint density at radius 2 is 2.05 bits per heavy atom. The lowest BCUT2D eigenvalue weighted by Crippen LogP contribution is -2.27. The molecule has 0 aliphatic heterocycles. The largest absolute Gasteiger partial charge is 0.378 e. The molecule has 0 radical (unpaired) electrons. The van der Waals surface area contributed by atoms with Crippen molar-refractivity contribution in [3.8, 4) is 0 Å². The number of hydrogen-bond acceptors (Lipinski definition) is 3. The Morgan fingerprint density at radius 1 is 1.37 bits per heavy atom. The minimum Gasteiger partial charge on any atom is -0.378 e. The van der Waals surface area contributed by atoms with E-state index in [9.17, 15) is 4.79 Å². The maximum atomic E-state index is 11.5. The lowest BCUT2D eigenvalue weighted by atomic mass is 10.4. The number of ether oxygens (including phenoxy) is 1. The first-order chi connectivity index (χ1) is 9.08. The van der Waals surface area contributed by atoms with E-state index in [1.807, 2.05) is 38.1 Å². The summed E-state index contributed by atoms with van der Waals surface area (Å²) in [7, 11) is 0. The molecule has 0 saturated carbocycles. The van der Waals surface area contributed by atoms with Gasteiger partial charge in [0, 0.05) is 28.6 Å². The molecule has 1 aromatic rings. The zero-order chi connectivity index (χ0) is 14.1. The Labute approximate surface area is 124 Å². The number of rotatable bonds is 8. The minimum atomic E-state index is 0.0392. The molecule has 0 bridgehead atoms. The van der Waals surface area contributed by atoms with Crippen LogP contribution in [-0.2, 0) is 9.53 Å². The highest BCUT2D eigenvalue weighted by molar-refractivity contribution is 7.99. The second kappa shape index (κ2) is 9.23.